The molecule has 1 aromatic rings. The van der Waals surface area contributed by atoms with Crippen LogP contribution in [-0.4, -0.2) is 94.0 Å². The van der Waals surface area contributed by atoms with E-state index >= 15 is 0 Å². The number of rotatable bonds is 3. The minimum atomic E-state index is -1.58. The van der Waals surface area contributed by atoms with E-state index in [2.05, 4.69) is 16.4 Å². The third-order valence-electron chi connectivity index (χ3n) is 8.43. The molecular formula is C32H39FN4O9. The summed E-state index contributed by atoms with van der Waals surface area (Å²) >= 11 is 0. The molecule has 3 aliphatic heterocycles. The van der Waals surface area contributed by atoms with Gasteiger partial charge in [-0.3, -0.25) is 14.5 Å². The van der Waals surface area contributed by atoms with Crippen molar-refractivity contribution < 1.29 is 47.7 Å². The van der Waals surface area contributed by atoms with E-state index < -0.39 is 71.0 Å². The van der Waals surface area contributed by atoms with Gasteiger partial charge in [-0.05, 0) is 63.8 Å². The lowest BCUT2D eigenvalue weighted by Gasteiger charge is -2.30. The van der Waals surface area contributed by atoms with E-state index in [0.29, 0.717) is 17.5 Å². The van der Waals surface area contributed by atoms with Gasteiger partial charge in [0, 0.05) is 31.1 Å². The van der Waals surface area contributed by atoms with Crippen molar-refractivity contribution >= 4 is 30.0 Å². The van der Waals surface area contributed by atoms with E-state index in [9.17, 15) is 33.5 Å². The Morgan fingerprint density at radius 2 is 2.00 bits per heavy atom. The summed E-state index contributed by atoms with van der Waals surface area (Å²) in [6, 6.07) is 2.27. The molecule has 1 aliphatic carbocycles. The Kier molecular flexibility index (Phi) is 9.41. The fraction of sp³-hybridized carbons (Fsp3) is 0.562. The first-order chi connectivity index (χ1) is 21.8. The zero-order valence-corrected chi connectivity index (χ0v) is 26.0. The molecule has 1 saturated heterocycles. The van der Waals surface area contributed by atoms with Gasteiger partial charge in [0.05, 0.1) is 19.7 Å². The van der Waals surface area contributed by atoms with Crippen LogP contribution in [0.1, 0.15) is 57.6 Å². The number of fused-ring (bicyclic) bond motifs is 3. The number of nitrogens with zero attached hydrogens (tertiary/aromatic N) is 2. The van der Waals surface area contributed by atoms with Crippen LogP contribution >= 0.6 is 0 Å². The normalized spacial score (nSPS) is 28.1. The minimum Gasteiger partial charge on any atom is -0.479 e. The van der Waals surface area contributed by atoms with E-state index in [1.807, 2.05) is 0 Å². The molecule has 13 nitrogen and oxygen atoms in total. The highest BCUT2D eigenvalue weighted by atomic mass is 19.1. The highest BCUT2D eigenvalue weighted by Crippen LogP contribution is 2.45. The average Bonchev–Trinajstić information content (AvgIpc) is 3.28. The van der Waals surface area contributed by atoms with E-state index in [0.717, 1.165) is 0 Å². The Morgan fingerprint density at radius 3 is 2.72 bits per heavy atom. The number of carboxylic acids is 1. The zero-order valence-electron chi connectivity index (χ0n) is 26.0. The molecule has 0 radical (unpaired) electrons. The van der Waals surface area contributed by atoms with Crippen LogP contribution in [0.5, 0.6) is 0 Å². The summed E-state index contributed by atoms with van der Waals surface area (Å²) in [4.78, 5) is 68.5. The summed E-state index contributed by atoms with van der Waals surface area (Å²) in [5, 5.41) is 15.2. The molecule has 2 fully saturated rings. The molecular weight excluding hydrogens is 603 g/mol. The molecule has 5 atom stereocenters. The number of carbonyl (C=O) groups is 5. The van der Waals surface area contributed by atoms with Crippen LogP contribution in [0.4, 0.5) is 14.0 Å². The van der Waals surface area contributed by atoms with Gasteiger partial charge < -0.3 is 34.9 Å². The van der Waals surface area contributed by atoms with Gasteiger partial charge in [0.2, 0.25) is 11.8 Å². The fourth-order valence-corrected chi connectivity index (χ4v) is 6.01. The van der Waals surface area contributed by atoms with Crippen LogP contribution < -0.4 is 10.6 Å². The van der Waals surface area contributed by atoms with Gasteiger partial charge in [-0.1, -0.05) is 12.1 Å². The highest BCUT2D eigenvalue weighted by molar-refractivity contribution is 5.96. The molecule has 4 amide bonds. The average molecular weight is 643 g/mol. The van der Waals surface area contributed by atoms with Crippen molar-refractivity contribution in [2.45, 2.75) is 88.9 Å². The number of halogens is 1. The Hall–Kier alpha value is -4.42. The van der Waals surface area contributed by atoms with Crippen LogP contribution in [-0.2, 0) is 41.7 Å². The third-order valence-corrected chi connectivity index (χ3v) is 8.43. The molecule has 0 unspecified atom stereocenters. The van der Waals surface area contributed by atoms with Gasteiger partial charge in [-0.2, -0.15) is 0 Å². The SMILES string of the molecule is CC(C)(C)OC(=O)N[C@H]1CCCOCC=C=C[C@@H]2C[C@@]2(C(=O)O)NC(=O)[C@@H]2C[C@@H](OC(=O)N3Cc4cccc(F)c4C3)CN2C1=O. The van der Waals surface area contributed by atoms with Crippen LogP contribution in [0.25, 0.3) is 0 Å². The van der Waals surface area contributed by atoms with Crippen molar-refractivity contribution in [2.75, 3.05) is 19.8 Å². The molecule has 0 spiro atoms. The number of hydrogen-bond donors (Lipinski definition) is 3. The Morgan fingerprint density at radius 1 is 1.22 bits per heavy atom. The molecule has 3 heterocycles. The number of nitrogens with one attached hydrogen (secondary N) is 2. The second kappa shape index (κ2) is 13.1. The topological polar surface area (TPSA) is 164 Å². The Balaban J connectivity index is 1.38. The van der Waals surface area contributed by atoms with Gasteiger partial charge in [-0.15, -0.1) is 5.73 Å². The number of hydrogen-bond acceptors (Lipinski definition) is 8. The first kappa shape index (κ1) is 33.0. The maximum Gasteiger partial charge on any atom is 0.410 e. The van der Waals surface area contributed by atoms with Crippen LogP contribution in [0.2, 0.25) is 0 Å². The van der Waals surface area contributed by atoms with E-state index in [4.69, 9.17) is 14.2 Å². The summed E-state index contributed by atoms with van der Waals surface area (Å²) in [6.07, 6.45) is 1.20. The molecule has 0 bridgehead atoms. The van der Waals surface area contributed by atoms with E-state index in [1.54, 1.807) is 45.1 Å². The zero-order chi connectivity index (χ0) is 33.2. The number of aliphatic carboxylic acids is 1. The van der Waals surface area contributed by atoms with Crippen molar-refractivity contribution in [3.63, 3.8) is 0 Å². The first-order valence-corrected chi connectivity index (χ1v) is 15.3. The number of carbonyl (C=O) groups excluding carboxylic acids is 4. The van der Waals surface area contributed by atoms with Crippen LogP contribution in [0, 0.1) is 11.7 Å². The second-order valence-electron chi connectivity index (χ2n) is 13.0. The lowest BCUT2D eigenvalue weighted by atomic mass is 10.1. The predicted octanol–water partition coefficient (Wildman–Crippen LogP) is 2.62. The smallest absolute Gasteiger partial charge is 0.410 e. The molecule has 1 saturated carbocycles. The second-order valence-corrected chi connectivity index (χ2v) is 13.0. The first-order valence-electron chi connectivity index (χ1n) is 15.3. The van der Waals surface area contributed by atoms with Gasteiger partial charge in [-0.25, -0.2) is 18.8 Å². The summed E-state index contributed by atoms with van der Waals surface area (Å²) in [7, 11) is 0. The number of alkyl carbamates (subject to hydrolysis) is 1. The molecule has 1 aromatic carbocycles. The molecule has 14 heteroatoms. The summed E-state index contributed by atoms with van der Waals surface area (Å²) in [5.74, 6) is -3.54. The molecule has 4 aliphatic rings. The summed E-state index contributed by atoms with van der Waals surface area (Å²) in [5.41, 5.74) is 1.54. The molecule has 248 valence electrons. The van der Waals surface area contributed by atoms with Crippen molar-refractivity contribution in [3.8, 4) is 0 Å². The molecule has 3 N–H and O–H groups in total. The summed E-state index contributed by atoms with van der Waals surface area (Å²) in [6.45, 7) is 5.45. The van der Waals surface area contributed by atoms with Crippen molar-refractivity contribution in [1.29, 1.82) is 0 Å². The Bertz CT molecular complexity index is 1470. The number of ether oxygens (including phenoxy) is 3. The van der Waals surface area contributed by atoms with Crippen molar-refractivity contribution in [1.82, 2.24) is 20.4 Å². The maximum atomic E-state index is 14.3. The lowest BCUT2D eigenvalue weighted by molar-refractivity contribution is -0.145. The van der Waals surface area contributed by atoms with E-state index in [1.165, 1.54) is 15.9 Å². The van der Waals surface area contributed by atoms with Gasteiger partial charge in [0.15, 0.2) is 0 Å². The number of amides is 4. The minimum absolute atomic E-state index is 0.00849. The van der Waals surface area contributed by atoms with E-state index in [-0.39, 0.29) is 52.1 Å². The standard InChI is InChI=1S/C32H39FN4O9/c1-31(2,3)46-29(42)34-24-11-7-13-44-12-5-4-9-20-15-32(20,28(40)41)35-26(38)25-14-21(17-37(25)27(24)39)45-30(43)36-16-19-8-6-10-23(33)22(19)18-36/h5-6,8-10,20-21,24-25H,7,11-18H2,1-3H3,(H,34,42)(H,35,38)(H,40,41)/t4?,20-,21-,24+,25+,32-/m1/s1. The monoisotopic (exact) mass is 642 g/mol. The molecule has 5 rings (SSSR count). The number of benzene rings is 1. The highest BCUT2D eigenvalue weighted by Gasteiger charge is 2.61. The maximum absolute atomic E-state index is 14.3. The molecule has 46 heavy (non-hydrogen) atoms. The van der Waals surface area contributed by atoms with Crippen molar-refractivity contribution in [3.05, 3.63) is 53.0 Å². The predicted molar refractivity (Wildman–Crippen MR) is 159 cm³/mol. The van der Waals surface area contributed by atoms with Crippen molar-refractivity contribution in [2.24, 2.45) is 5.92 Å². The fourth-order valence-electron chi connectivity index (χ4n) is 6.01. The summed E-state index contributed by atoms with van der Waals surface area (Å²) < 4.78 is 31.0. The van der Waals surface area contributed by atoms with Crippen LogP contribution in [0.15, 0.2) is 36.1 Å². The third kappa shape index (κ3) is 7.34. The van der Waals surface area contributed by atoms with Gasteiger partial charge in [0.25, 0.3) is 0 Å². The largest absolute Gasteiger partial charge is 0.479 e. The van der Waals surface area contributed by atoms with Gasteiger partial charge in [0.1, 0.15) is 35.1 Å². The van der Waals surface area contributed by atoms with Crippen LogP contribution in [0.3, 0.4) is 0 Å². The van der Waals surface area contributed by atoms with Gasteiger partial charge >= 0.3 is 18.2 Å². The Labute approximate surface area is 265 Å². The number of carboxylic acid groups (broad SMARTS) is 1. The quantitative estimate of drug-likeness (QED) is 0.421. The lowest BCUT2D eigenvalue weighted by Crippen LogP contribution is -2.56. The molecule has 0 aromatic heterocycles.